The predicted octanol–water partition coefficient (Wildman–Crippen LogP) is 2.50. The van der Waals surface area contributed by atoms with Gasteiger partial charge in [-0.25, -0.2) is 0 Å². The maximum absolute atomic E-state index is 13.6. The largest absolute Gasteiger partial charge is 0.504 e. The Bertz CT molecular complexity index is 1120. The molecule has 0 aromatic heterocycles. The molecule has 7 nitrogen and oxygen atoms in total. The van der Waals surface area contributed by atoms with Crippen LogP contribution < -0.4 is 4.74 Å². The summed E-state index contributed by atoms with van der Waals surface area (Å²) in [7, 11) is 0. The zero-order valence-corrected chi connectivity index (χ0v) is 20.1. The molecule has 8 rings (SSSR count). The molecule has 2 unspecified atom stereocenters. The molecule has 5 fully saturated rings. The number of phenolic OH excluding ortho intramolecular Hbond substituents is 1. The first-order valence-electron chi connectivity index (χ1n) is 13.8. The van der Waals surface area contributed by atoms with E-state index in [1.54, 1.807) is 11.0 Å². The van der Waals surface area contributed by atoms with Crippen molar-refractivity contribution in [2.75, 3.05) is 13.1 Å². The second-order valence-electron chi connectivity index (χ2n) is 12.4. The van der Waals surface area contributed by atoms with Gasteiger partial charge in [0.1, 0.15) is 6.10 Å². The van der Waals surface area contributed by atoms with Crippen molar-refractivity contribution in [3.05, 3.63) is 23.3 Å². The molecule has 1 spiro atoms. The normalized spacial score (nSPS) is 43.7. The van der Waals surface area contributed by atoms with Gasteiger partial charge in [-0.2, -0.15) is 0 Å². The molecule has 35 heavy (non-hydrogen) atoms. The summed E-state index contributed by atoms with van der Waals surface area (Å²) in [4.78, 5) is 31.3. The van der Waals surface area contributed by atoms with Gasteiger partial charge in [0, 0.05) is 18.2 Å². The average Bonchev–Trinajstić information content (AvgIpc) is 3.54. The first-order valence-corrected chi connectivity index (χ1v) is 13.8. The number of ether oxygens (including phenoxy) is 1. The Morgan fingerprint density at radius 2 is 1.74 bits per heavy atom. The van der Waals surface area contributed by atoms with Crippen LogP contribution in [-0.4, -0.2) is 68.7 Å². The maximum atomic E-state index is 13.6. The first-order chi connectivity index (χ1) is 16.9. The highest BCUT2D eigenvalue weighted by molar-refractivity contribution is 6.05. The zero-order valence-electron chi connectivity index (χ0n) is 20.1. The van der Waals surface area contributed by atoms with E-state index in [9.17, 15) is 19.8 Å². The average molecular weight is 479 g/mol. The van der Waals surface area contributed by atoms with Gasteiger partial charge < -0.3 is 14.9 Å². The van der Waals surface area contributed by atoms with Gasteiger partial charge in [-0.05, 0) is 75.5 Å². The monoisotopic (exact) mass is 478 g/mol. The summed E-state index contributed by atoms with van der Waals surface area (Å²) in [6.07, 6.45) is 8.20. The van der Waals surface area contributed by atoms with Crippen LogP contribution in [0, 0.1) is 17.8 Å². The van der Waals surface area contributed by atoms with Crippen molar-refractivity contribution in [3.8, 4) is 11.5 Å². The summed E-state index contributed by atoms with van der Waals surface area (Å²) in [5, 5.41) is 23.4. The van der Waals surface area contributed by atoms with Crippen molar-refractivity contribution in [1.29, 1.82) is 0 Å². The molecule has 2 amide bonds. The number of nitrogens with zero attached hydrogens (tertiary/aromatic N) is 2. The molecule has 7 aliphatic rings. The van der Waals surface area contributed by atoms with Crippen molar-refractivity contribution in [2.45, 2.75) is 93.4 Å². The second-order valence-corrected chi connectivity index (χ2v) is 12.4. The van der Waals surface area contributed by atoms with E-state index in [-0.39, 0.29) is 35.4 Å². The third-order valence-electron chi connectivity index (χ3n) is 10.9. The Morgan fingerprint density at radius 3 is 2.46 bits per heavy atom. The van der Waals surface area contributed by atoms with Gasteiger partial charge in [0.15, 0.2) is 11.5 Å². The van der Waals surface area contributed by atoms with E-state index in [0.29, 0.717) is 18.6 Å². The number of piperidine rings is 1. The second kappa shape index (κ2) is 6.80. The molecule has 0 radical (unpaired) electrons. The van der Waals surface area contributed by atoms with Gasteiger partial charge in [-0.3, -0.25) is 19.4 Å². The lowest BCUT2D eigenvalue weighted by Crippen LogP contribution is -2.78. The third-order valence-corrected chi connectivity index (χ3v) is 10.9. The van der Waals surface area contributed by atoms with Crippen LogP contribution in [0.1, 0.15) is 68.9 Å². The minimum Gasteiger partial charge on any atom is -0.504 e. The molecule has 7 atom stereocenters. The van der Waals surface area contributed by atoms with Crippen molar-refractivity contribution in [3.63, 3.8) is 0 Å². The van der Waals surface area contributed by atoms with Crippen LogP contribution in [0.3, 0.4) is 0 Å². The summed E-state index contributed by atoms with van der Waals surface area (Å²) in [5.41, 5.74) is 0.403. The van der Waals surface area contributed by atoms with Crippen molar-refractivity contribution in [1.82, 2.24) is 9.80 Å². The fourth-order valence-corrected chi connectivity index (χ4v) is 9.23. The Kier molecular flexibility index (Phi) is 4.08. The lowest BCUT2D eigenvalue weighted by Gasteiger charge is -2.64. The highest BCUT2D eigenvalue weighted by Gasteiger charge is 2.74. The molecule has 4 aliphatic carbocycles. The molecule has 3 saturated carbocycles. The first kappa shape index (κ1) is 21.0. The molecular formula is C28H34N2O5. The Labute approximate surface area is 205 Å². The van der Waals surface area contributed by atoms with Gasteiger partial charge in [0.05, 0.1) is 28.9 Å². The lowest BCUT2D eigenvalue weighted by molar-refractivity contribution is -0.201. The summed E-state index contributed by atoms with van der Waals surface area (Å²) in [6, 6.07) is 3.32. The molecule has 1 aromatic carbocycles. The van der Waals surface area contributed by atoms with E-state index < -0.39 is 23.2 Å². The van der Waals surface area contributed by atoms with E-state index in [2.05, 4.69) is 4.90 Å². The zero-order chi connectivity index (χ0) is 23.7. The summed E-state index contributed by atoms with van der Waals surface area (Å²) in [6.45, 7) is 1.91. The topological polar surface area (TPSA) is 90.3 Å². The molecule has 3 heterocycles. The number of benzene rings is 1. The molecule has 1 aromatic rings. The number of likely N-dealkylation sites (tertiary alicyclic amines) is 2. The van der Waals surface area contributed by atoms with Gasteiger partial charge in [0.2, 0.25) is 11.8 Å². The smallest absolute Gasteiger partial charge is 0.233 e. The number of imide groups is 1. The van der Waals surface area contributed by atoms with Crippen molar-refractivity contribution >= 4 is 11.8 Å². The van der Waals surface area contributed by atoms with Crippen LogP contribution in [0.4, 0.5) is 0 Å². The summed E-state index contributed by atoms with van der Waals surface area (Å²) < 4.78 is 6.60. The van der Waals surface area contributed by atoms with Gasteiger partial charge in [0.25, 0.3) is 0 Å². The number of hydrogen-bond acceptors (Lipinski definition) is 6. The number of fused-ring (bicyclic) bond motifs is 1. The quantitative estimate of drug-likeness (QED) is 0.649. The van der Waals surface area contributed by atoms with Crippen LogP contribution in [0.5, 0.6) is 11.5 Å². The van der Waals surface area contributed by atoms with Gasteiger partial charge in [-0.1, -0.05) is 18.9 Å². The van der Waals surface area contributed by atoms with Crippen LogP contribution in [-0.2, 0) is 21.4 Å². The van der Waals surface area contributed by atoms with Gasteiger partial charge >= 0.3 is 0 Å². The number of carbonyl (C=O) groups excluding carboxylic acids is 2. The van der Waals surface area contributed by atoms with E-state index in [0.717, 1.165) is 68.7 Å². The van der Waals surface area contributed by atoms with E-state index in [4.69, 9.17) is 4.74 Å². The minimum absolute atomic E-state index is 0.000505. The maximum Gasteiger partial charge on any atom is 0.233 e. The number of hydrogen-bond donors (Lipinski definition) is 2. The fraction of sp³-hybridized carbons (Fsp3) is 0.714. The molecule has 7 heteroatoms. The number of phenols is 1. The van der Waals surface area contributed by atoms with Gasteiger partial charge in [-0.15, -0.1) is 0 Å². The minimum atomic E-state index is -0.994. The molecule has 186 valence electrons. The predicted molar refractivity (Wildman–Crippen MR) is 126 cm³/mol. The Balaban J connectivity index is 1.25. The molecular weight excluding hydrogens is 444 g/mol. The number of amides is 2. The number of aliphatic hydroxyl groups is 1. The highest BCUT2D eigenvalue weighted by Crippen LogP contribution is 2.66. The van der Waals surface area contributed by atoms with Crippen LogP contribution in [0.15, 0.2) is 12.1 Å². The number of aromatic hydroxyl groups is 1. The Morgan fingerprint density at radius 1 is 1.00 bits per heavy atom. The fourth-order valence-electron chi connectivity index (χ4n) is 9.23. The SMILES string of the molecule is O=C1C2CCCCC2C(=O)N1[C@@H]1CC[C@@]2(O)[C@H]3Cc4ccc(O)c5c4[C@@]2(CCN3CC2CC2)[C@H]1O5. The molecule has 2 saturated heterocycles. The van der Waals surface area contributed by atoms with Crippen molar-refractivity contribution in [2.24, 2.45) is 17.8 Å². The van der Waals surface area contributed by atoms with Crippen molar-refractivity contribution < 1.29 is 24.5 Å². The number of carbonyl (C=O) groups is 2. The van der Waals surface area contributed by atoms with E-state index in [1.165, 1.54) is 12.8 Å². The molecule has 3 aliphatic heterocycles. The van der Waals surface area contributed by atoms with Crippen LogP contribution in [0.2, 0.25) is 0 Å². The van der Waals surface area contributed by atoms with E-state index in [1.807, 2.05) is 6.07 Å². The van der Waals surface area contributed by atoms with E-state index >= 15 is 0 Å². The summed E-state index contributed by atoms with van der Waals surface area (Å²) in [5.74, 6) is 0.856. The Hall–Kier alpha value is -2.12. The highest BCUT2D eigenvalue weighted by atomic mass is 16.5. The summed E-state index contributed by atoms with van der Waals surface area (Å²) >= 11 is 0. The lowest BCUT2D eigenvalue weighted by atomic mass is 9.48. The molecule has 2 bridgehead atoms. The third kappa shape index (κ3) is 2.45. The standard InChI is InChI=1S/C28H34N2O5/c31-20-8-7-16-13-21-28(34)10-9-19(30-25(32)17-3-1-2-4-18(17)26(30)33)24-27(28,22(16)23(20)35-24)11-12-29(21)14-15-5-6-15/h7-8,15,17-19,21,24,31,34H,1-6,9-14H2/t17?,18?,19-,21-,24+,27+,28-/m1/s1. The number of rotatable bonds is 3. The van der Waals surface area contributed by atoms with Crippen LogP contribution >= 0.6 is 0 Å². The molecule has 2 N–H and O–H groups in total. The van der Waals surface area contributed by atoms with Crippen LogP contribution in [0.25, 0.3) is 0 Å².